The summed E-state index contributed by atoms with van der Waals surface area (Å²) in [4.78, 5) is 0. The number of ether oxygens (including phenoxy) is 1. The average molecular weight is 164 g/mol. The summed E-state index contributed by atoms with van der Waals surface area (Å²) in [5.74, 6) is 0.505. The van der Waals surface area contributed by atoms with Crippen LogP contribution in [0.2, 0.25) is 0 Å². The van der Waals surface area contributed by atoms with Crippen molar-refractivity contribution in [3.8, 4) is 0 Å². The first kappa shape index (κ1) is 10.7. The Kier molecular flexibility index (Phi) is 5.76. The van der Waals surface area contributed by atoms with E-state index in [1.165, 1.54) is 7.11 Å². The zero-order valence-electron chi connectivity index (χ0n) is 6.39. The van der Waals surface area contributed by atoms with Crippen LogP contribution in [0.15, 0.2) is 23.7 Å². The van der Waals surface area contributed by atoms with Gasteiger partial charge in [-0.15, -0.1) is 0 Å². The van der Waals surface area contributed by atoms with Gasteiger partial charge in [0.2, 0.25) is 0 Å². The molecule has 0 aliphatic heterocycles. The molecule has 0 spiro atoms. The molecule has 0 atom stereocenters. The Morgan fingerprint density at radius 1 is 1.40 bits per heavy atom. The molecule has 1 rings (SSSR count). The first-order valence-corrected chi connectivity index (χ1v) is 2.96. The Bertz CT molecular complexity index is 161. The van der Waals surface area contributed by atoms with E-state index in [0.29, 0.717) is 5.76 Å². The maximum Gasteiger partial charge on any atom is 1.00 e. The molecule has 0 aromatic heterocycles. The van der Waals surface area contributed by atoms with Crippen molar-refractivity contribution in [3.63, 3.8) is 0 Å². The van der Waals surface area contributed by atoms with Crippen molar-refractivity contribution in [2.24, 2.45) is 0 Å². The van der Waals surface area contributed by atoms with E-state index in [-0.39, 0.29) is 57.1 Å². The second-order valence-corrected chi connectivity index (χ2v) is 1.92. The monoisotopic (exact) mass is 164 g/mol. The van der Waals surface area contributed by atoms with E-state index < -0.39 is 0 Å². The van der Waals surface area contributed by atoms with Crippen molar-refractivity contribution in [3.05, 3.63) is 23.7 Å². The maximum absolute atomic E-state index is 10.8. The van der Waals surface area contributed by atoms with Crippen molar-refractivity contribution in [2.45, 2.75) is 12.8 Å². The molecule has 0 N–H and O–H groups in total. The topological polar surface area (TPSA) is 32.3 Å². The molecule has 0 aromatic carbocycles. The fourth-order valence-corrected chi connectivity index (χ4v) is 0.814. The summed E-state index contributed by atoms with van der Waals surface area (Å²) >= 11 is 0. The minimum atomic E-state index is 0. The van der Waals surface area contributed by atoms with Gasteiger partial charge in [-0.3, -0.25) is 0 Å². The molecule has 0 unspecified atom stereocenters. The molecule has 3 heteroatoms. The molecule has 10 heavy (non-hydrogen) atoms. The van der Waals surface area contributed by atoms with Gasteiger partial charge in [-0.05, 0) is 18.9 Å². The third-order valence-corrected chi connectivity index (χ3v) is 1.29. The molecule has 0 fully saturated rings. The van der Waals surface area contributed by atoms with Gasteiger partial charge in [0.25, 0.3) is 0 Å². The predicted molar refractivity (Wildman–Crippen MR) is 32.4 cm³/mol. The SMILES string of the molecule is COC1=CCCC=C1[O-].[K+]. The van der Waals surface area contributed by atoms with Gasteiger partial charge >= 0.3 is 51.4 Å². The van der Waals surface area contributed by atoms with Gasteiger partial charge in [-0.25, -0.2) is 0 Å². The van der Waals surface area contributed by atoms with Crippen molar-refractivity contribution in [1.82, 2.24) is 0 Å². The molecule has 0 heterocycles. The number of hydrogen-bond donors (Lipinski definition) is 0. The second kappa shape index (κ2) is 5.38. The zero-order chi connectivity index (χ0) is 6.69. The Hall–Kier alpha value is 0.716. The van der Waals surface area contributed by atoms with Gasteiger partial charge in [-0.1, -0.05) is 11.8 Å². The van der Waals surface area contributed by atoms with E-state index >= 15 is 0 Å². The summed E-state index contributed by atoms with van der Waals surface area (Å²) in [7, 11) is 1.52. The fraction of sp³-hybridized carbons (Fsp3) is 0.429. The molecule has 0 saturated heterocycles. The van der Waals surface area contributed by atoms with Crippen molar-refractivity contribution >= 4 is 0 Å². The van der Waals surface area contributed by atoms with E-state index in [1.807, 2.05) is 6.08 Å². The van der Waals surface area contributed by atoms with E-state index in [9.17, 15) is 5.11 Å². The first-order valence-electron chi connectivity index (χ1n) is 2.96. The van der Waals surface area contributed by atoms with Crippen LogP contribution in [0.1, 0.15) is 12.8 Å². The molecule has 0 radical (unpaired) electrons. The van der Waals surface area contributed by atoms with E-state index in [2.05, 4.69) is 0 Å². The molecule has 0 aromatic rings. The summed E-state index contributed by atoms with van der Waals surface area (Å²) < 4.78 is 4.78. The average Bonchev–Trinajstić information content (AvgIpc) is 1.89. The molecule has 0 bridgehead atoms. The van der Waals surface area contributed by atoms with Crippen LogP contribution in [0.4, 0.5) is 0 Å². The van der Waals surface area contributed by atoms with Crippen LogP contribution >= 0.6 is 0 Å². The van der Waals surface area contributed by atoms with Crippen LogP contribution in [0.5, 0.6) is 0 Å². The third kappa shape index (κ3) is 2.76. The Morgan fingerprint density at radius 2 is 2.00 bits per heavy atom. The van der Waals surface area contributed by atoms with Gasteiger partial charge in [0, 0.05) is 0 Å². The van der Waals surface area contributed by atoms with Gasteiger partial charge in [0.15, 0.2) is 0 Å². The second-order valence-electron chi connectivity index (χ2n) is 1.92. The summed E-state index contributed by atoms with van der Waals surface area (Å²) in [6.07, 6.45) is 5.25. The normalized spacial score (nSPS) is 16.5. The molecule has 0 saturated carbocycles. The Labute approximate surface area is 103 Å². The number of allylic oxidation sites excluding steroid dienone is 2. The molecule has 1 aliphatic rings. The van der Waals surface area contributed by atoms with Crippen molar-refractivity contribution in [1.29, 1.82) is 0 Å². The first-order chi connectivity index (χ1) is 4.34. The van der Waals surface area contributed by atoms with Gasteiger partial charge in [0.1, 0.15) is 5.76 Å². The molecule has 50 valence electrons. The molecule has 0 amide bonds. The summed E-state index contributed by atoms with van der Waals surface area (Å²) in [5, 5.41) is 10.8. The van der Waals surface area contributed by atoms with Gasteiger partial charge in [-0.2, -0.15) is 0 Å². The fourth-order valence-electron chi connectivity index (χ4n) is 0.814. The Balaban J connectivity index is 0.000000810. The standard InChI is InChI=1S/C7H10O2.K/c1-9-7-5-3-2-4-6(7)8;/h4-5,8H,2-3H2,1H3;/q;+1/p-1. The quantitative estimate of drug-likeness (QED) is 0.403. The molecule has 1 aliphatic carbocycles. The van der Waals surface area contributed by atoms with Crippen molar-refractivity contribution < 1.29 is 61.2 Å². The number of rotatable bonds is 1. The van der Waals surface area contributed by atoms with Crippen LogP contribution in [-0.2, 0) is 4.74 Å². The largest absolute Gasteiger partial charge is 1.00 e. The van der Waals surface area contributed by atoms with Gasteiger partial charge < -0.3 is 9.84 Å². The summed E-state index contributed by atoms with van der Waals surface area (Å²) in [6.45, 7) is 0. The predicted octanol–water partition coefficient (Wildman–Crippen LogP) is -2.44. The van der Waals surface area contributed by atoms with Crippen LogP contribution in [0.25, 0.3) is 0 Å². The zero-order valence-corrected chi connectivity index (χ0v) is 9.51. The summed E-state index contributed by atoms with van der Waals surface area (Å²) in [5.41, 5.74) is 0. The maximum atomic E-state index is 10.8. The number of hydrogen-bond acceptors (Lipinski definition) is 2. The van der Waals surface area contributed by atoms with Gasteiger partial charge in [0.05, 0.1) is 7.11 Å². The van der Waals surface area contributed by atoms with Crippen molar-refractivity contribution in [2.75, 3.05) is 7.11 Å². The van der Waals surface area contributed by atoms with Crippen LogP contribution in [-0.4, -0.2) is 7.11 Å². The van der Waals surface area contributed by atoms with E-state index in [4.69, 9.17) is 4.74 Å². The van der Waals surface area contributed by atoms with Crippen LogP contribution in [0, 0.1) is 0 Å². The van der Waals surface area contributed by atoms with Crippen LogP contribution in [0.3, 0.4) is 0 Å². The number of methoxy groups -OCH3 is 1. The van der Waals surface area contributed by atoms with E-state index in [1.54, 1.807) is 6.08 Å². The Morgan fingerprint density at radius 3 is 2.40 bits per heavy atom. The van der Waals surface area contributed by atoms with Crippen LogP contribution < -0.4 is 56.5 Å². The summed E-state index contributed by atoms with van der Waals surface area (Å²) in [6, 6.07) is 0. The molecular formula is C7H9KO2. The third-order valence-electron chi connectivity index (χ3n) is 1.29. The van der Waals surface area contributed by atoms with E-state index in [0.717, 1.165) is 12.8 Å². The minimum absolute atomic E-state index is 0. The molecular weight excluding hydrogens is 155 g/mol. The molecule has 2 nitrogen and oxygen atoms in total. The smallest absolute Gasteiger partial charge is 0.870 e. The minimum Gasteiger partial charge on any atom is -0.870 e.